The number of nitrogens with one attached hydrogen (secondary N) is 3. The van der Waals surface area contributed by atoms with Gasteiger partial charge in [-0.25, -0.2) is 9.37 Å². The number of pyridine rings is 1. The number of carbonyl (C=O) groups excluding carboxylic acids is 1. The van der Waals surface area contributed by atoms with Crippen molar-refractivity contribution in [2.45, 2.75) is 45.5 Å². The van der Waals surface area contributed by atoms with Crippen LogP contribution in [0.25, 0.3) is 32.4 Å². The Morgan fingerprint density at radius 2 is 2.06 bits per heavy atom. The van der Waals surface area contributed by atoms with Gasteiger partial charge in [0.05, 0.1) is 39.1 Å². The maximum Gasteiger partial charge on any atom is 0.255 e. The number of hydrogen-bond donors (Lipinski definition) is 4. The molecule has 9 heteroatoms. The number of hydrogen-bond acceptors (Lipinski definition) is 6. The number of aliphatic hydroxyl groups is 1. The van der Waals surface area contributed by atoms with Gasteiger partial charge in [0.15, 0.2) is 0 Å². The number of aromatic nitrogens is 3. The zero-order valence-corrected chi connectivity index (χ0v) is 19.2. The highest BCUT2D eigenvalue weighted by Crippen LogP contribution is 2.32. The van der Waals surface area contributed by atoms with Gasteiger partial charge in [-0.3, -0.25) is 9.78 Å². The lowest BCUT2D eigenvalue weighted by Crippen LogP contribution is -2.42. The summed E-state index contributed by atoms with van der Waals surface area (Å²) in [6.07, 6.45) is 0.230. The molecule has 3 heterocycles. The zero-order chi connectivity index (χ0) is 23.0. The Kier molecular flexibility index (Phi) is 5.87. The molecule has 3 aromatic heterocycles. The number of halogens is 1. The molecule has 1 unspecified atom stereocenters. The van der Waals surface area contributed by atoms with Gasteiger partial charge < -0.3 is 20.7 Å². The summed E-state index contributed by atoms with van der Waals surface area (Å²) in [4.78, 5) is 26.2. The first-order valence-corrected chi connectivity index (χ1v) is 11.3. The molecule has 0 bridgehead atoms. The number of fused-ring (bicyclic) bond motifs is 3. The minimum atomic E-state index is -1.59. The van der Waals surface area contributed by atoms with Gasteiger partial charge in [0, 0.05) is 23.1 Å². The van der Waals surface area contributed by atoms with E-state index in [0.717, 1.165) is 26.9 Å². The third-order valence-electron chi connectivity index (χ3n) is 5.16. The van der Waals surface area contributed by atoms with Crippen molar-refractivity contribution in [1.82, 2.24) is 20.3 Å². The Labute approximate surface area is 189 Å². The van der Waals surface area contributed by atoms with Crippen LogP contribution in [0.3, 0.4) is 0 Å². The van der Waals surface area contributed by atoms with E-state index >= 15 is 0 Å². The second-order valence-corrected chi connectivity index (χ2v) is 9.55. The van der Waals surface area contributed by atoms with Crippen molar-refractivity contribution >= 4 is 45.0 Å². The fourth-order valence-electron chi connectivity index (χ4n) is 3.41. The van der Waals surface area contributed by atoms with E-state index in [4.69, 9.17) is 4.98 Å². The minimum Gasteiger partial charge on any atom is -0.387 e. The molecular formula is C23H26FN5O2S. The van der Waals surface area contributed by atoms with E-state index in [1.54, 1.807) is 22.9 Å². The zero-order valence-electron chi connectivity index (χ0n) is 18.4. The van der Waals surface area contributed by atoms with E-state index in [2.05, 4.69) is 20.6 Å². The van der Waals surface area contributed by atoms with E-state index < -0.39 is 17.7 Å². The summed E-state index contributed by atoms with van der Waals surface area (Å²) in [5, 5.41) is 16.5. The van der Waals surface area contributed by atoms with Crippen molar-refractivity contribution in [2.75, 3.05) is 11.9 Å². The fraction of sp³-hybridized carbons (Fsp3) is 0.348. The molecule has 4 rings (SSSR count). The van der Waals surface area contributed by atoms with Gasteiger partial charge in [-0.1, -0.05) is 6.07 Å². The number of aromatic amines is 1. The minimum absolute atomic E-state index is 0.0416. The van der Waals surface area contributed by atoms with E-state index in [1.807, 2.05) is 38.2 Å². The Bertz CT molecular complexity index is 1260. The lowest BCUT2D eigenvalue weighted by molar-refractivity contribution is -0.00177. The number of nitrogens with zero attached hydrogens (tertiary/aromatic N) is 2. The maximum atomic E-state index is 14.1. The molecule has 0 aliphatic carbocycles. The van der Waals surface area contributed by atoms with Crippen LogP contribution in [-0.2, 0) is 0 Å². The van der Waals surface area contributed by atoms with Crippen LogP contribution in [0.2, 0.25) is 0 Å². The highest BCUT2D eigenvalue weighted by molar-refractivity contribution is 7.13. The van der Waals surface area contributed by atoms with Crippen LogP contribution in [0, 0.1) is 0 Å². The fourth-order valence-corrected chi connectivity index (χ4v) is 4.03. The first-order valence-electron chi connectivity index (χ1n) is 10.4. The van der Waals surface area contributed by atoms with E-state index in [9.17, 15) is 14.3 Å². The summed E-state index contributed by atoms with van der Waals surface area (Å²) < 4.78 is 14.1. The van der Waals surface area contributed by atoms with Crippen LogP contribution in [0.15, 0.2) is 36.0 Å². The van der Waals surface area contributed by atoms with Crippen LogP contribution in [0.5, 0.6) is 0 Å². The Hall–Kier alpha value is -3.04. The summed E-state index contributed by atoms with van der Waals surface area (Å²) in [5.74, 6) is -0.0328. The largest absolute Gasteiger partial charge is 0.387 e. The van der Waals surface area contributed by atoms with Crippen molar-refractivity contribution < 1.29 is 14.3 Å². The SMILES string of the molecule is CC(C)Nc1nc2c(cc1C(=O)NCC(F)C(C)(C)O)[nH]c1cc(-c3cncs3)ccc12. The van der Waals surface area contributed by atoms with Crippen LogP contribution in [-0.4, -0.2) is 50.3 Å². The molecule has 4 aromatic rings. The molecule has 4 N–H and O–H groups in total. The number of thiazole rings is 1. The molecule has 0 spiro atoms. The molecule has 0 saturated carbocycles. The smallest absolute Gasteiger partial charge is 0.255 e. The molecule has 0 aliphatic rings. The topological polar surface area (TPSA) is 103 Å². The molecule has 1 aromatic carbocycles. The molecule has 0 aliphatic heterocycles. The van der Waals surface area contributed by atoms with Gasteiger partial charge in [0.1, 0.15) is 12.0 Å². The monoisotopic (exact) mass is 455 g/mol. The number of benzene rings is 1. The second kappa shape index (κ2) is 8.48. The molecular weight excluding hydrogens is 429 g/mol. The molecule has 7 nitrogen and oxygen atoms in total. The van der Waals surface area contributed by atoms with Gasteiger partial charge in [0.2, 0.25) is 0 Å². The predicted molar refractivity (Wildman–Crippen MR) is 127 cm³/mol. The van der Waals surface area contributed by atoms with Gasteiger partial charge in [-0.15, -0.1) is 11.3 Å². The predicted octanol–water partition coefficient (Wildman–Crippen LogP) is 4.50. The third-order valence-corrected chi connectivity index (χ3v) is 5.98. The summed E-state index contributed by atoms with van der Waals surface area (Å²) in [5.41, 5.74) is 3.96. The van der Waals surface area contributed by atoms with Gasteiger partial charge in [-0.05, 0) is 51.5 Å². The van der Waals surface area contributed by atoms with Crippen molar-refractivity contribution in [2.24, 2.45) is 0 Å². The summed E-state index contributed by atoms with van der Waals surface area (Å²) in [6.45, 7) is 6.35. The molecule has 0 fully saturated rings. The van der Waals surface area contributed by atoms with Gasteiger partial charge in [0.25, 0.3) is 5.91 Å². The van der Waals surface area contributed by atoms with E-state index in [-0.39, 0.29) is 12.6 Å². The first-order chi connectivity index (χ1) is 15.1. The van der Waals surface area contributed by atoms with Crippen LogP contribution in [0.4, 0.5) is 10.2 Å². The molecule has 168 valence electrons. The Morgan fingerprint density at radius 1 is 1.28 bits per heavy atom. The third kappa shape index (κ3) is 4.44. The Morgan fingerprint density at radius 3 is 2.72 bits per heavy atom. The standard InChI is InChI=1S/C23H26FN5O2S/c1-12(2)27-21-15(22(30)26-10-19(24)23(3,4)31)8-17-20(29-21)14-6-5-13(7-16(14)28-17)18-9-25-11-32-18/h5-9,11-12,19,28,31H,10H2,1-4H3,(H,26,30)(H,27,29). The molecule has 1 amide bonds. The lowest BCUT2D eigenvalue weighted by atomic mass is 10.0. The lowest BCUT2D eigenvalue weighted by Gasteiger charge is -2.22. The van der Waals surface area contributed by atoms with Crippen molar-refractivity contribution in [3.63, 3.8) is 0 Å². The molecule has 32 heavy (non-hydrogen) atoms. The van der Waals surface area contributed by atoms with Crippen molar-refractivity contribution in [1.29, 1.82) is 0 Å². The molecule has 0 radical (unpaired) electrons. The molecule has 1 atom stereocenters. The van der Waals surface area contributed by atoms with Crippen molar-refractivity contribution in [3.05, 3.63) is 41.5 Å². The number of anilines is 1. The second-order valence-electron chi connectivity index (χ2n) is 8.66. The number of carbonyl (C=O) groups is 1. The van der Waals surface area contributed by atoms with Crippen LogP contribution < -0.4 is 10.6 Å². The summed E-state index contributed by atoms with van der Waals surface area (Å²) >= 11 is 1.56. The first kappa shape index (κ1) is 22.2. The number of amides is 1. The van der Waals surface area contributed by atoms with E-state index in [0.29, 0.717) is 16.9 Å². The Balaban J connectivity index is 1.74. The quantitative estimate of drug-likeness (QED) is 0.329. The number of alkyl halides is 1. The highest BCUT2D eigenvalue weighted by Gasteiger charge is 2.27. The molecule has 0 saturated heterocycles. The normalized spacial score (nSPS) is 13.1. The average molecular weight is 456 g/mol. The van der Waals surface area contributed by atoms with Crippen LogP contribution >= 0.6 is 11.3 Å². The van der Waals surface area contributed by atoms with Gasteiger partial charge in [-0.2, -0.15) is 0 Å². The number of rotatable bonds is 7. The van der Waals surface area contributed by atoms with Gasteiger partial charge >= 0.3 is 0 Å². The number of H-pyrrole nitrogens is 1. The van der Waals surface area contributed by atoms with E-state index in [1.165, 1.54) is 13.8 Å². The van der Waals surface area contributed by atoms with Crippen LogP contribution in [0.1, 0.15) is 38.1 Å². The van der Waals surface area contributed by atoms with Crippen molar-refractivity contribution in [3.8, 4) is 10.4 Å². The maximum absolute atomic E-state index is 14.1. The summed E-state index contributed by atoms with van der Waals surface area (Å²) in [6, 6.07) is 7.84. The summed E-state index contributed by atoms with van der Waals surface area (Å²) in [7, 11) is 0. The average Bonchev–Trinajstić information content (AvgIpc) is 3.37. The highest BCUT2D eigenvalue weighted by atomic mass is 32.1.